The second-order valence-corrected chi connectivity index (χ2v) is 4.46. The summed E-state index contributed by atoms with van der Waals surface area (Å²) in [7, 11) is 1.79. The summed E-state index contributed by atoms with van der Waals surface area (Å²) in [5.74, 6) is -0.809. The molecule has 0 aromatic heterocycles. The number of rotatable bonds is 4. The largest absolute Gasteiger partial charge is 0.480 e. The van der Waals surface area contributed by atoms with Gasteiger partial charge >= 0.3 is 5.97 Å². The number of likely N-dealkylation sites (N-methyl/N-ethyl adjacent to an activating group) is 1. The van der Waals surface area contributed by atoms with E-state index in [1.165, 1.54) is 18.5 Å². The molecule has 0 amide bonds. The van der Waals surface area contributed by atoms with Crippen LogP contribution in [0, 0.1) is 0 Å². The molecule has 1 N–H and O–H groups in total. The number of aliphatic carboxylic acids is 1. The molecule has 1 saturated heterocycles. The van der Waals surface area contributed by atoms with Gasteiger partial charge in [0.05, 0.1) is 0 Å². The van der Waals surface area contributed by atoms with Crippen molar-refractivity contribution in [1.82, 2.24) is 0 Å². The molecule has 0 saturated carbocycles. The Morgan fingerprint density at radius 1 is 1.29 bits per heavy atom. The number of carboxylic acid groups (broad SMARTS) is 1. The van der Waals surface area contributed by atoms with Crippen LogP contribution in [0.1, 0.15) is 12.8 Å². The van der Waals surface area contributed by atoms with Gasteiger partial charge in [0.25, 0.3) is 0 Å². The maximum Gasteiger partial charge on any atom is 0.323 e. The molecule has 1 fully saturated rings. The van der Waals surface area contributed by atoms with Crippen LogP contribution in [0.15, 0.2) is 24.3 Å². The number of hydrogen-bond acceptors (Lipinski definition) is 3. The van der Waals surface area contributed by atoms with E-state index in [0.717, 1.165) is 18.8 Å². The van der Waals surface area contributed by atoms with Gasteiger partial charge in [0.15, 0.2) is 0 Å². The lowest BCUT2D eigenvalue weighted by molar-refractivity contribution is -0.135. The van der Waals surface area contributed by atoms with Crippen molar-refractivity contribution in [3.8, 4) is 0 Å². The van der Waals surface area contributed by atoms with Crippen molar-refractivity contribution in [2.24, 2.45) is 0 Å². The zero-order chi connectivity index (χ0) is 12.3. The number of benzene rings is 1. The fourth-order valence-electron chi connectivity index (χ4n) is 2.19. The molecule has 1 heterocycles. The molecule has 17 heavy (non-hydrogen) atoms. The summed E-state index contributed by atoms with van der Waals surface area (Å²) in [6.45, 7) is 2.29. The van der Waals surface area contributed by atoms with E-state index in [-0.39, 0.29) is 6.54 Å². The van der Waals surface area contributed by atoms with Crippen molar-refractivity contribution >= 4 is 17.3 Å². The fourth-order valence-corrected chi connectivity index (χ4v) is 2.19. The highest BCUT2D eigenvalue weighted by molar-refractivity contribution is 5.73. The summed E-state index contributed by atoms with van der Waals surface area (Å²) in [5, 5.41) is 8.72. The molecule has 0 aliphatic carbocycles. The molecule has 1 aromatic rings. The molecule has 4 heteroatoms. The van der Waals surface area contributed by atoms with Gasteiger partial charge in [0.2, 0.25) is 0 Å². The standard InChI is InChI=1S/C13H18N2O2/c1-14(10-13(16)17)11-4-6-12(7-5-11)15-8-2-3-9-15/h4-7H,2-3,8-10H2,1H3,(H,16,17). The van der Waals surface area contributed by atoms with E-state index in [4.69, 9.17) is 5.11 Å². The van der Waals surface area contributed by atoms with Crippen LogP contribution >= 0.6 is 0 Å². The summed E-state index contributed by atoms with van der Waals surface area (Å²) < 4.78 is 0. The van der Waals surface area contributed by atoms with E-state index >= 15 is 0 Å². The van der Waals surface area contributed by atoms with Crippen molar-refractivity contribution in [3.63, 3.8) is 0 Å². The lowest BCUT2D eigenvalue weighted by Crippen LogP contribution is -2.25. The van der Waals surface area contributed by atoms with Gasteiger partial charge in [-0.3, -0.25) is 4.79 Å². The fraction of sp³-hybridized carbons (Fsp3) is 0.462. The third-order valence-corrected chi connectivity index (χ3v) is 3.13. The minimum Gasteiger partial charge on any atom is -0.480 e. The quantitative estimate of drug-likeness (QED) is 0.863. The first-order valence-corrected chi connectivity index (χ1v) is 5.95. The van der Waals surface area contributed by atoms with Crippen LogP contribution in [-0.4, -0.2) is 37.8 Å². The van der Waals surface area contributed by atoms with Crippen molar-refractivity contribution in [2.75, 3.05) is 36.5 Å². The van der Waals surface area contributed by atoms with Crippen LogP contribution in [0.3, 0.4) is 0 Å². The molecule has 1 aliphatic rings. The average Bonchev–Trinajstić information content (AvgIpc) is 2.82. The van der Waals surface area contributed by atoms with E-state index in [2.05, 4.69) is 17.0 Å². The van der Waals surface area contributed by atoms with E-state index in [1.54, 1.807) is 11.9 Å². The van der Waals surface area contributed by atoms with Crippen LogP contribution in [0.25, 0.3) is 0 Å². The molecule has 4 nitrogen and oxygen atoms in total. The average molecular weight is 234 g/mol. The molecule has 0 bridgehead atoms. The summed E-state index contributed by atoms with van der Waals surface area (Å²) in [4.78, 5) is 14.7. The van der Waals surface area contributed by atoms with E-state index in [1.807, 2.05) is 12.1 Å². The van der Waals surface area contributed by atoms with Crippen molar-refractivity contribution in [2.45, 2.75) is 12.8 Å². The highest BCUT2D eigenvalue weighted by Crippen LogP contribution is 2.23. The molecule has 0 unspecified atom stereocenters. The van der Waals surface area contributed by atoms with Crippen LogP contribution in [-0.2, 0) is 4.79 Å². The minimum absolute atomic E-state index is 0.0308. The first-order valence-electron chi connectivity index (χ1n) is 5.95. The number of hydrogen-bond donors (Lipinski definition) is 1. The van der Waals surface area contributed by atoms with Gasteiger partial charge < -0.3 is 14.9 Å². The Hall–Kier alpha value is -1.71. The third-order valence-electron chi connectivity index (χ3n) is 3.13. The van der Waals surface area contributed by atoms with Crippen molar-refractivity contribution < 1.29 is 9.90 Å². The number of carboxylic acids is 1. The number of nitrogens with zero attached hydrogens (tertiary/aromatic N) is 2. The van der Waals surface area contributed by atoms with E-state index in [0.29, 0.717) is 0 Å². The zero-order valence-corrected chi connectivity index (χ0v) is 10.1. The smallest absolute Gasteiger partial charge is 0.323 e. The van der Waals surface area contributed by atoms with Crippen LogP contribution < -0.4 is 9.80 Å². The predicted octanol–water partition coefficient (Wildman–Crippen LogP) is 1.81. The van der Waals surface area contributed by atoms with Crippen molar-refractivity contribution in [3.05, 3.63) is 24.3 Å². The van der Waals surface area contributed by atoms with Crippen LogP contribution in [0.4, 0.5) is 11.4 Å². The number of anilines is 2. The van der Waals surface area contributed by atoms with Gasteiger partial charge in [0, 0.05) is 31.5 Å². The molecule has 2 rings (SSSR count). The first kappa shape index (κ1) is 11.8. The summed E-state index contributed by atoms with van der Waals surface area (Å²) in [6, 6.07) is 8.10. The van der Waals surface area contributed by atoms with Crippen LogP contribution in [0.2, 0.25) is 0 Å². The monoisotopic (exact) mass is 234 g/mol. The Labute approximate surface area is 101 Å². The Morgan fingerprint density at radius 3 is 2.41 bits per heavy atom. The molecular formula is C13H18N2O2. The third kappa shape index (κ3) is 2.90. The highest BCUT2D eigenvalue weighted by Gasteiger charge is 2.12. The maximum absolute atomic E-state index is 10.6. The molecule has 0 radical (unpaired) electrons. The van der Waals surface area contributed by atoms with Gasteiger partial charge in [-0.2, -0.15) is 0 Å². The Balaban J connectivity index is 2.04. The zero-order valence-electron chi connectivity index (χ0n) is 10.1. The Morgan fingerprint density at radius 2 is 1.88 bits per heavy atom. The normalized spacial score (nSPS) is 15.0. The number of carbonyl (C=O) groups is 1. The minimum atomic E-state index is -0.809. The van der Waals surface area contributed by atoms with E-state index in [9.17, 15) is 4.79 Å². The molecule has 0 atom stereocenters. The lowest BCUT2D eigenvalue weighted by atomic mass is 10.2. The van der Waals surface area contributed by atoms with Gasteiger partial charge in [-0.1, -0.05) is 0 Å². The molecule has 0 spiro atoms. The second-order valence-electron chi connectivity index (χ2n) is 4.46. The summed E-state index contributed by atoms with van der Waals surface area (Å²) in [6.07, 6.45) is 2.53. The lowest BCUT2D eigenvalue weighted by Gasteiger charge is -2.20. The molecule has 1 aromatic carbocycles. The first-order chi connectivity index (χ1) is 8.16. The summed E-state index contributed by atoms with van der Waals surface area (Å²) in [5.41, 5.74) is 2.17. The van der Waals surface area contributed by atoms with Gasteiger partial charge in [-0.25, -0.2) is 0 Å². The van der Waals surface area contributed by atoms with Crippen LogP contribution in [0.5, 0.6) is 0 Å². The Bertz CT molecular complexity index is 383. The van der Waals surface area contributed by atoms with Gasteiger partial charge in [-0.15, -0.1) is 0 Å². The Kier molecular flexibility index (Phi) is 3.52. The van der Waals surface area contributed by atoms with Crippen molar-refractivity contribution in [1.29, 1.82) is 0 Å². The molecular weight excluding hydrogens is 216 g/mol. The van der Waals surface area contributed by atoms with E-state index < -0.39 is 5.97 Å². The molecule has 92 valence electrons. The predicted molar refractivity (Wildman–Crippen MR) is 68.8 cm³/mol. The highest BCUT2D eigenvalue weighted by atomic mass is 16.4. The maximum atomic E-state index is 10.6. The topological polar surface area (TPSA) is 43.8 Å². The van der Waals surface area contributed by atoms with Gasteiger partial charge in [-0.05, 0) is 37.1 Å². The van der Waals surface area contributed by atoms with Gasteiger partial charge in [0.1, 0.15) is 6.54 Å². The summed E-state index contributed by atoms with van der Waals surface area (Å²) >= 11 is 0. The SMILES string of the molecule is CN(CC(=O)O)c1ccc(N2CCCC2)cc1. The molecule has 1 aliphatic heterocycles. The second kappa shape index (κ2) is 5.08.